The summed E-state index contributed by atoms with van der Waals surface area (Å²) in [6.07, 6.45) is 3.06. The molecule has 118 valence electrons. The Bertz CT molecular complexity index is 876. The molecule has 3 heterocycles. The topological polar surface area (TPSA) is 21.1 Å². The Hall–Kier alpha value is -2.29. The summed E-state index contributed by atoms with van der Waals surface area (Å²) in [4.78, 5) is 7.21. The largest absolute Gasteiger partial charge is 0.351 e. The predicted octanol–water partition coefficient (Wildman–Crippen LogP) is 4.24. The van der Waals surface area contributed by atoms with Gasteiger partial charge in [-0.25, -0.2) is 4.98 Å². The van der Waals surface area contributed by atoms with Crippen LogP contribution in [-0.4, -0.2) is 16.1 Å². The van der Waals surface area contributed by atoms with Gasteiger partial charge in [0.25, 0.3) is 0 Å². The summed E-state index contributed by atoms with van der Waals surface area (Å²) in [7, 11) is 0. The van der Waals surface area contributed by atoms with Crippen molar-refractivity contribution < 1.29 is 0 Å². The summed E-state index contributed by atoms with van der Waals surface area (Å²) < 4.78 is 2.40. The molecule has 2 aromatic heterocycles. The Kier molecular flexibility index (Phi) is 3.37. The van der Waals surface area contributed by atoms with Crippen LogP contribution >= 0.6 is 0 Å². The quantitative estimate of drug-likeness (QED) is 0.706. The van der Waals surface area contributed by atoms with Crippen LogP contribution in [0.1, 0.15) is 29.3 Å². The van der Waals surface area contributed by atoms with Crippen LogP contribution in [0.5, 0.6) is 0 Å². The van der Waals surface area contributed by atoms with Crippen LogP contribution in [0.4, 0.5) is 5.82 Å². The van der Waals surface area contributed by atoms with Gasteiger partial charge in [0.15, 0.2) is 0 Å². The second kappa shape index (κ2) is 5.41. The van der Waals surface area contributed by atoms with Crippen LogP contribution in [0.15, 0.2) is 36.5 Å². The second-order valence-corrected chi connectivity index (χ2v) is 6.42. The van der Waals surface area contributed by atoms with Crippen LogP contribution in [0.2, 0.25) is 0 Å². The van der Waals surface area contributed by atoms with Gasteiger partial charge in [-0.3, -0.25) is 0 Å². The molecule has 1 aliphatic rings. The summed E-state index contributed by atoms with van der Waals surface area (Å²) >= 11 is 0. The Balaban J connectivity index is 1.84. The van der Waals surface area contributed by atoms with Crippen LogP contribution in [0.3, 0.4) is 0 Å². The molecule has 0 amide bonds. The number of hydrogen-bond acceptors (Lipinski definition) is 2. The highest BCUT2D eigenvalue weighted by molar-refractivity contribution is 5.94. The smallest absolute Gasteiger partial charge is 0.138 e. The standard InChI is InChI=1S/C20H23N3/c1-4-23-15(3)14(2)19-18(23)9-11-21-20(19)22-12-10-16-7-5-6-8-17(16)13-22/h5-9,11H,4,10,12-13H2,1-3H3. The molecule has 3 aromatic rings. The van der Waals surface area contributed by atoms with Crippen LogP contribution in [-0.2, 0) is 19.5 Å². The zero-order chi connectivity index (χ0) is 16.0. The molecule has 0 unspecified atom stereocenters. The average Bonchev–Trinajstić information content (AvgIpc) is 2.85. The van der Waals surface area contributed by atoms with E-state index in [0.29, 0.717) is 0 Å². The van der Waals surface area contributed by atoms with Crippen molar-refractivity contribution in [2.24, 2.45) is 0 Å². The molecule has 0 radical (unpaired) electrons. The van der Waals surface area contributed by atoms with Crippen molar-refractivity contribution in [2.45, 2.75) is 40.3 Å². The summed E-state index contributed by atoms with van der Waals surface area (Å²) in [5, 5.41) is 1.33. The average molecular weight is 305 g/mol. The minimum absolute atomic E-state index is 0.956. The number of nitrogens with zero attached hydrogens (tertiary/aromatic N) is 3. The van der Waals surface area contributed by atoms with Gasteiger partial charge in [0.1, 0.15) is 5.82 Å². The molecule has 0 fully saturated rings. The number of aromatic nitrogens is 2. The molecule has 0 bridgehead atoms. The number of fused-ring (bicyclic) bond motifs is 2. The third-order valence-electron chi connectivity index (χ3n) is 5.27. The van der Waals surface area contributed by atoms with E-state index in [4.69, 9.17) is 4.98 Å². The zero-order valence-corrected chi connectivity index (χ0v) is 14.1. The minimum Gasteiger partial charge on any atom is -0.351 e. The molecule has 0 N–H and O–H groups in total. The van der Waals surface area contributed by atoms with Crippen molar-refractivity contribution in [3.05, 3.63) is 58.9 Å². The fourth-order valence-electron chi connectivity index (χ4n) is 3.91. The second-order valence-electron chi connectivity index (χ2n) is 6.42. The maximum atomic E-state index is 4.77. The molecule has 1 aliphatic heterocycles. The normalized spacial score (nSPS) is 14.3. The van der Waals surface area contributed by atoms with E-state index in [9.17, 15) is 0 Å². The lowest BCUT2D eigenvalue weighted by Crippen LogP contribution is -2.31. The van der Waals surface area contributed by atoms with E-state index in [-0.39, 0.29) is 0 Å². The van der Waals surface area contributed by atoms with Gasteiger partial charge >= 0.3 is 0 Å². The van der Waals surface area contributed by atoms with E-state index in [0.717, 1.165) is 31.9 Å². The maximum absolute atomic E-state index is 4.77. The van der Waals surface area contributed by atoms with E-state index < -0.39 is 0 Å². The van der Waals surface area contributed by atoms with Gasteiger partial charge in [-0.05, 0) is 49.9 Å². The number of rotatable bonds is 2. The van der Waals surface area contributed by atoms with E-state index in [1.54, 1.807) is 0 Å². The molecule has 4 rings (SSSR count). The number of pyridine rings is 1. The highest BCUT2D eigenvalue weighted by Gasteiger charge is 2.22. The summed E-state index contributed by atoms with van der Waals surface area (Å²) in [6.45, 7) is 9.66. The van der Waals surface area contributed by atoms with E-state index in [2.05, 4.69) is 60.6 Å². The van der Waals surface area contributed by atoms with Crippen LogP contribution in [0.25, 0.3) is 10.9 Å². The molecular weight excluding hydrogens is 282 g/mol. The lowest BCUT2D eigenvalue weighted by molar-refractivity contribution is 0.723. The maximum Gasteiger partial charge on any atom is 0.138 e. The fraction of sp³-hybridized carbons (Fsp3) is 0.350. The molecular formula is C20H23N3. The lowest BCUT2D eigenvalue weighted by Gasteiger charge is -2.30. The van der Waals surface area contributed by atoms with Gasteiger partial charge in [0.05, 0.1) is 5.52 Å². The van der Waals surface area contributed by atoms with Crippen LogP contribution < -0.4 is 4.90 Å². The molecule has 23 heavy (non-hydrogen) atoms. The van der Waals surface area contributed by atoms with E-state index >= 15 is 0 Å². The Morgan fingerprint density at radius 2 is 1.87 bits per heavy atom. The summed E-state index contributed by atoms with van der Waals surface area (Å²) in [6, 6.07) is 10.9. The lowest BCUT2D eigenvalue weighted by atomic mass is 9.99. The van der Waals surface area contributed by atoms with Crippen molar-refractivity contribution >= 4 is 16.7 Å². The van der Waals surface area contributed by atoms with E-state index in [1.165, 1.54) is 33.3 Å². The summed E-state index contributed by atoms with van der Waals surface area (Å²) in [5.41, 5.74) is 6.95. The molecule has 0 spiro atoms. The Morgan fingerprint density at radius 1 is 1.09 bits per heavy atom. The molecule has 0 aliphatic carbocycles. The van der Waals surface area contributed by atoms with Gasteiger partial charge in [-0.15, -0.1) is 0 Å². The highest BCUT2D eigenvalue weighted by atomic mass is 15.2. The Morgan fingerprint density at radius 3 is 2.65 bits per heavy atom. The first kappa shape index (κ1) is 14.3. The molecule has 0 atom stereocenters. The SMILES string of the molecule is CCn1c(C)c(C)c2c(N3CCc4ccccc4C3)nccc21. The van der Waals surface area contributed by atoms with Crippen molar-refractivity contribution in [3.63, 3.8) is 0 Å². The van der Waals surface area contributed by atoms with Crippen molar-refractivity contribution in [1.29, 1.82) is 0 Å². The zero-order valence-electron chi connectivity index (χ0n) is 14.1. The molecule has 3 nitrogen and oxygen atoms in total. The van der Waals surface area contributed by atoms with Gasteiger partial charge < -0.3 is 9.47 Å². The van der Waals surface area contributed by atoms with Crippen molar-refractivity contribution in [2.75, 3.05) is 11.4 Å². The Labute approximate surface area is 137 Å². The first-order chi connectivity index (χ1) is 11.2. The van der Waals surface area contributed by atoms with Crippen LogP contribution in [0, 0.1) is 13.8 Å². The monoisotopic (exact) mass is 305 g/mol. The highest BCUT2D eigenvalue weighted by Crippen LogP contribution is 2.34. The van der Waals surface area contributed by atoms with Gasteiger partial charge in [-0.2, -0.15) is 0 Å². The van der Waals surface area contributed by atoms with Crippen molar-refractivity contribution in [3.8, 4) is 0 Å². The number of anilines is 1. The third kappa shape index (κ3) is 2.14. The number of aryl methyl sites for hydroxylation is 2. The molecule has 3 heteroatoms. The van der Waals surface area contributed by atoms with Crippen molar-refractivity contribution in [1.82, 2.24) is 9.55 Å². The molecule has 0 saturated carbocycles. The number of benzene rings is 1. The predicted molar refractivity (Wildman–Crippen MR) is 96.1 cm³/mol. The fourth-order valence-corrected chi connectivity index (χ4v) is 3.91. The van der Waals surface area contributed by atoms with Gasteiger partial charge in [-0.1, -0.05) is 24.3 Å². The van der Waals surface area contributed by atoms with Gasteiger partial charge in [0, 0.05) is 36.9 Å². The number of hydrogen-bond donors (Lipinski definition) is 0. The molecule has 0 saturated heterocycles. The summed E-state index contributed by atoms with van der Waals surface area (Å²) in [5.74, 6) is 1.14. The van der Waals surface area contributed by atoms with E-state index in [1.807, 2.05) is 6.20 Å². The van der Waals surface area contributed by atoms with Gasteiger partial charge in [0.2, 0.25) is 0 Å². The third-order valence-corrected chi connectivity index (χ3v) is 5.27. The first-order valence-electron chi connectivity index (χ1n) is 8.46. The first-order valence-corrected chi connectivity index (χ1v) is 8.46. The minimum atomic E-state index is 0.956. The molecule has 1 aromatic carbocycles.